The molecule has 1 saturated heterocycles. The maximum Gasteiger partial charge on any atom is 0.293 e. The van der Waals surface area contributed by atoms with Gasteiger partial charge in [0.25, 0.3) is 11.6 Å². The van der Waals surface area contributed by atoms with Gasteiger partial charge in [-0.05, 0) is 56.5 Å². The fraction of sp³-hybridized carbons (Fsp3) is 0.556. The van der Waals surface area contributed by atoms with Gasteiger partial charge in [-0.25, -0.2) is 0 Å². The normalized spacial score (nSPS) is 17.8. The maximum absolute atomic E-state index is 12.4. The third-order valence-electron chi connectivity index (χ3n) is 5.05. The Kier molecular flexibility index (Phi) is 6.03. The van der Waals surface area contributed by atoms with Crippen molar-refractivity contribution in [3.63, 3.8) is 0 Å². The number of rotatable bonds is 4. The topological polar surface area (TPSA) is 87.5 Å². The van der Waals surface area contributed by atoms with Crippen molar-refractivity contribution in [2.24, 2.45) is 0 Å². The summed E-state index contributed by atoms with van der Waals surface area (Å²) in [6.07, 6.45) is 7.63. The van der Waals surface area contributed by atoms with Crippen LogP contribution in [0.2, 0.25) is 0 Å². The molecule has 2 N–H and O–H groups in total. The molecular formula is C18H24N4O3S. The molecule has 1 amide bonds. The number of carbonyl (C=O) groups is 1. The number of anilines is 1. The third kappa shape index (κ3) is 4.49. The number of piperidine rings is 1. The van der Waals surface area contributed by atoms with E-state index in [0.29, 0.717) is 11.7 Å². The predicted octanol–water partition coefficient (Wildman–Crippen LogP) is 3.13. The van der Waals surface area contributed by atoms with Gasteiger partial charge in [0.05, 0.1) is 4.92 Å². The van der Waals surface area contributed by atoms with Gasteiger partial charge < -0.3 is 10.2 Å². The van der Waals surface area contributed by atoms with E-state index in [9.17, 15) is 14.9 Å². The lowest BCUT2D eigenvalue weighted by atomic mass is 10.1. The number of nitrogens with zero attached hydrogens (tertiary/aromatic N) is 2. The average molecular weight is 376 g/mol. The minimum absolute atomic E-state index is 0.0331. The number of hydrogen-bond donors (Lipinski definition) is 2. The summed E-state index contributed by atoms with van der Waals surface area (Å²) in [6.45, 7) is 1.61. The van der Waals surface area contributed by atoms with Crippen LogP contribution in [0.15, 0.2) is 18.2 Å². The molecule has 1 saturated carbocycles. The van der Waals surface area contributed by atoms with E-state index in [4.69, 9.17) is 12.2 Å². The predicted molar refractivity (Wildman–Crippen MR) is 105 cm³/mol. The van der Waals surface area contributed by atoms with E-state index in [1.165, 1.54) is 18.9 Å². The zero-order valence-electron chi connectivity index (χ0n) is 14.7. The molecule has 1 aliphatic carbocycles. The Hall–Kier alpha value is -2.22. The number of hydrogen-bond acceptors (Lipinski definition) is 5. The highest BCUT2D eigenvalue weighted by atomic mass is 32.1. The number of nitro groups is 1. The molecule has 2 fully saturated rings. The average Bonchev–Trinajstić information content (AvgIpc) is 3.14. The van der Waals surface area contributed by atoms with E-state index < -0.39 is 10.8 Å². The van der Waals surface area contributed by atoms with Crippen LogP contribution in [-0.2, 0) is 0 Å². The molecule has 3 rings (SSSR count). The molecule has 7 nitrogen and oxygen atoms in total. The second-order valence-corrected chi connectivity index (χ2v) is 7.33. The van der Waals surface area contributed by atoms with Crippen molar-refractivity contribution in [3.05, 3.63) is 33.9 Å². The first-order valence-electron chi connectivity index (χ1n) is 9.20. The first kappa shape index (κ1) is 18.6. The molecule has 0 unspecified atom stereocenters. The van der Waals surface area contributed by atoms with Gasteiger partial charge in [-0.1, -0.05) is 12.8 Å². The molecule has 0 atom stereocenters. The van der Waals surface area contributed by atoms with Gasteiger partial charge in [-0.2, -0.15) is 0 Å². The van der Waals surface area contributed by atoms with Gasteiger partial charge in [0, 0.05) is 30.8 Å². The van der Waals surface area contributed by atoms with Crippen LogP contribution in [0.5, 0.6) is 0 Å². The Morgan fingerprint density at radius 3 is 2.50 bits per heavy atom. The molecule has 1 aliphatic heterocycles. The minimum atomic E-state index is -0.422. The number of thiocarbonyl (C=S) groups is 1. The van der Waals surface area contributed by atoms with Gasteiger partial charge in [-0.15, -0.1) is 0 Å². The molecule has 140 valence electrons. The first-order chi connectivity index (χ1) is 12.5. The van der Waals surface area contributed by atoms with Gasteiger partial charge in [0.2, 0.25) is 0 Å². The van der Waals surface area contributed by atoms with Crippen molar-refractivity contribution in [2.75, 3.05) is 18.0 Å². The van der Waals surface area contributed by atoms with Crippen molar-refractivity contribution in [1.29, 1.82) is 0 Å². The highest BCUT2D eigenvalue weighted by Gasteiger charge is 2.23. The fourth-order valence-electron chi connectivity index (χ4n) is 3.68. The van der Waals surface area contributed by atoms with Crippen LogP contribution in [0.3, 0.4) is 0 Å². The van der Waals surface area contributed by atoms with Gasteiger partial charge in [0.1, 0.15) is 5.69 Å². The molecule has 0 radical (unpaired) electrons. The molecule has 2 aliphatic rings. The second-order valence-electron chi connectivity index (χ2n) is 6.92. The van der Waals surface area contributed by atoms with Crippen molar-refractivity contribution in [3.8, 4) is 0 Å². The zero-order valence-corrected chi connectivity index (χ0v) is 15.5. The smallest absolute Gasteiger partial charge is 0.293 e. The standard InChI is InChI=1S/C18H24N4O3S/c23-17(20-18(26)19-14-6-2-3-7-14)13-8-9-15(16(12-13)22(24)25)21-10-4-1-5-11-21/h8-9,12,14H,1-7,10-11H2,(H2,19,20,23,26). The summed E-state index contributed by atoms with van der Waals surface area (Å²) < 4.78 is 0. The van der Waals surface area contributed by atoms with Crippen LogP contribution in [0, 0.1) is 10.1 Å². The summed E-state index contributed by atoms with van der Waals surface area (Å²) in [7, 11) is 0. The molecular weight excluding hydrogens is 352 g/mol. The van der Waals surface area contributed by atoms with Gasteiger partial charge >= 0.3 is 0 Å². The number of amides is 1. The van der Waals surface area contributed by atoms with Crippen LogP contribution < -0.4 is 15.5 Å². The molecule has 1 aromatic carbocycles. The van der Waals surface area contributed by atoms with E-state index in [0.717, 1.165) is 45.2 Å². The Labute approximate surface area is 158 Å². The van der Waals surface area contributed by atoms with E-state index in [2.05, 4.69) is 10.6 Å². The molecule has 8 heteroatoms. The Morgan fingerprint density at radius 1 is 1.15 bits per heavy atom. The SMILES string of the molecule is O=C(NC(=S)NC1CCCC1)c1ccc(N2CCCCC2)c([N+](=O)[O-])c1. The van der Waals surface area contributed by atoms with E-state index in [1.54, 1.807) is 12.1 Å². The molecule has 0 spiro atoms. The quantitative estimate of drug-likeness (QED) is 0.477. The summed E-state index contributed by atoms with van der Waals surface area (Å²) in [6, 6.07) is 4.95. The molecule has 1 aromatic rings. The monoisotopic (exact) mass is 376 g/mol. The van der Waals surface area contributed by atoms with Crippen LogP contribution in [0.25, 0.3) is 0 Å². The largest absolute Gasteiger partial charge is 0.366 e. The summed E-state index contributed by atoms with van der Waals surface area (Å²) in [4.78, 5) is 25.5. The zero-order chi connectivity index (χ0) is 18.5. The second kappa shape index (κ2) is 8.44. The van der Waals surface area contributed by atoms with Crippen molar-refractivity contribution < 1.29 is 9.72 Å². The van der Waals surface area contributed by atoms with Gasteiger partial charge in [-0.3, -0.25) is 20.2 Å². The number of carbonyl (C=O) groups excluding carboxylic acids is 1. The van der Waals surface area contributed by atoms with Crippen LogP contribution >= 0.6 is 12.2 Å². The van der Waals surface area contributed by atoms with Crippen molar-refractivity contribution >= 4 is 34.6 Å². The lowest BCUT2D eigenvalue weighted by Gasteiger charge is -2.28. The molecule has 0 bridgehead atoms. The summed E-state index contributed by atoms with van der Waals surface area (Å²) >= 11 is 5.19. The Bertz CT molecular complexity index is 698. The highest BCUT2D eigenvalue weighted by molar-refractivity contribution is 7.80. The Balaban J connectivity index is 1.70. The number of nitrogens with one attached hydrogen (secondary N) is 2. The number of nitro benzene ring substituents is 1. The molecule has 0 aromatic heterocycles. The molecule has 26 heavy (non-hydrogen) atoms. The van der Waals surface area contributed by atoms with Crippen molar-refractivity contribution in [2.45, 2.75) is 51.0 Å². The molecule has 1 heterocycles. The van der Waals surface area contributed by atoms with E-state index >= 15 is 0 Å². The van der Waals surface area contributed by atoms with Gasteiger partial charge in [0.15, 0.2) is 5.11 Å². The van der Waals surface area contributed by atoms with E-state index in [1.807, 2.05) is 4.90 Å². The highest BCUT2D eigenvalue weighted by Crippen LogP contribution is 2.31. The van der Waals surface area contributed by atoms with E-state index in [-0.39, 0.29) is 16.4 Å². The third-order valence-corrected chi connectivity index (χ3v) is 5.27. The van der Waals surface area contributed by atoms with Crippen LogP contribution in [-0.4, -0.2) is 35.1 Å². The lowest BCUT2D eigenvalue weighted by Crippen LogP contribution is -2.43. The van der Waals surface area contributed by atoms with Crippen LogP contribution in [0.4, 0.5) is 11.4 Å². The summed E-state index contributed by atoms with van der Waals surface area (Å²) in [5.74, 6) is -0.422. The van der Waals surface area contributed by atoms with Crippen LogP contribution in [0.1, 0.15) is 55.3 Å². The summed E-state index contributed by atoms with van der Waals surface area (Å²) in [5.41, 5.74) is 0.792. The lowest BCUT2D eigenvalue weighted by molar-refractivity contribution is -0.384. The fourth-order valence-corrected chi connectivity index (χ4v) is 3.94. The summed E-state index contributed by atoms with van der Waals surface area (Å²) in [5, 5.41) is 17.6. The minimum Gasteiger partial charge on any atom is -0.366 e. The maximum atomic E-state index is 12.4. The Morgan fingerprint density at radius 2 is 1.85 bits per heavy atom. The first-order valence-corrected chi connectivity index (χ1v) is 9.60. The van der Waals surface area contributed by atoms with Crippen molar-refractivity contribution in [1.82, 2.24) is 10.6 Å². The number of benzene rings is 1.